The van der Waals surface area contributed by atoms with E-state index >= 15 is 0 Å². The first-order chi connectivity index (χ1) is 14.7. The number of amides is 1. The molecule has 0 saturated carbocycles. The Morgan fingerprint density at radius 2 is 1.97 bits per heavy atom. The molecule has 5 nitrogen and oxygen atoms in total. The lowest BCUT2D eigenvalue weighted by atomic mass is 10.0. The van der Waals surface area contributed by atoms with E-state index in [1.807, 2.05) is 30.3 Å². The summed E-state index contributed by atoms with van der Waals surface area (Å²) < 4.78 is 19.2. The average Bonchev–Trinajstić information content (AvgIpc) is 3.12. The predicted molar refractivity (Wildman–Crippen MR) is 116 cm³/mol. The lowest BCUT2D eigenvalue weighted by molar-refractivity contribution is -0.116. The highest BCUT2D eigenvalue weighted by Gasteiger charge is 2.15. The second-order valence-corrected chi connectivity index (χ2v) is 6.99. The van der Waals surface area contributed by atoms with Gasteiger partial charge in [0.15, 0.2) is 0 Å². The van der Waals surface area contributed by atoms with Gasteiger partial charge in [-0.3, -0.25) is 9.78 Å². The second kappa shape index (κ2) is 8.78. The average molecular weight is 403 g/mol. The van der Waals surface area contributed by atoms with Gasteiger partial charge in [-0.1, -0.05) is 18.2 Å². The van der Waals surface area contributed by atoms with E-state index in [1.54, 1.807) is 31.5 Å². The SMILES string of the molecule is COc1ccccc1NC(=O)CCCc1c(-c2ccccn2)[nH]c2ccc(F)cc12. The van der Waals surface area contributed by atoms with Crippen molar-refractivity contribution in [2.45, 2.75) is 19.3 Å². The fraction of sp³-hybridized carbons (Fsp3) is 0.167. The third kappa shape index (κ3) is 4.17. The zero-order valence-corrected chi connectivity index (χ0v) is 16.6. The van der Waals surface area contributed by atoms with E-state index < -0.39 is 0 Å². The van der Waals surface area contributed by atoms with Crippen LogP contribution in [0.3, 0.4) is 0 Å². The van der Waals surface area contributed by atoms with E-state index in [0.717, 1.165) is 27.9 Å². The van der Waals surface area contributed by atoms with Gasteiger partial charge < -0.3 is 15.0 Å². The molecule has 0 unspecified atom stereocenters. The number of para-hydroxylation sites is 2. The number of H-pyrrole nitrogens is 1. The number of fused-ring (bicyclic) bond motifs is 1. The standard InChI is InChI=1S/C24H22FN3O2/c1-30-22-10-3-2-8-20(22)27-23(29)11-6-7-17-18-15-16(25)12-13-19(18)28-24(17)21-9-4-5-14-26-21/h2-5,8-10,12-15,28H,6-7,11H2,1H3,(H,27,29). The molecule has 0 bridgehead atoms. The summed E-state index contributed by atoms with van der Waals surface area (Å²) in [5.74, 6) is 0.240. The van der Waals surface area contributed by atoms with Crippen LogP contribution in [-0.4, -0.2) is 23.0 Å². The summed E-state index contributed by atoms with van der Waals surface area (Å²) in [7, 11) is 1.57. The fourth-order valence-corrected chi connectivity index (χ4v) is 3.60. The second-order valence-electron chi connectivity index (χ2n) is 6.99. The molecule has 0 aliphatic carbocycles. The Morgan fingerprint density at radius 1 is 1.13 bits per heavy atom. The molecule has 0 aliphatic heterocycles. The van der Waals surface area contributed by atoms with Gasteiger partial charge in [0.25, 0.3) is 0 Å². The van der Waals surface area contributed by atoms with Gasteiger partial charge in [-0.15, -0.1) is 0 Å². The van der Waals surface area contributed by atoms with Crippen LogP contribution in [0.15, 0.2) is 66.9 Å². The molecule has 2 aromatic heterocycles. The Bertz CT molecular complexity index is 1170. The minimum absolute atomic E-state index is 0.0927. The first-order valence-corrected chi connectivity index (χ1v) is 9.80. The van der Waals surface area contributed by atoms with Gasteiger partial charge in [-0.25, -0.2) is 4.39 Å². The van der Waals surface area contributed by atoms with Crippen molar-refractivity contribution in [3.05, 3.63) is 78.2 Å². The van der Waals surface area contributed by atoms with E-state index in [2.05, 4.69) is 15.3 Å². The Hall–Kier alpha value is -3.67. The molecule has 0 atom stereocenters. The van der Waals surface area contributed by atoms with Crippen LogP contribution in [0.2, 0.25) is 0 Å². The quantitative estimate of drug-likeness (QED) is 0.438. The van der Waals surface area contributed by atoms with Crippen LogP contribution in [0.25, 0.3) is 22.3 Å². The summed E-state index contributed by atoms with van der Waals surface area (Å²) in [4.78, 5) is 20.2. The number of hydrogen-bond donors (Lipinski definition) is 2. The maximum absolute atomic E-state index is 13.9. The predicted octanol–water partition coefficient (Wildman–Crippen LogP) is 5.34. The molecule has 2 aromatic carbocycles. The van der Waals surface area contributed by atoms with Crippen LogP contribution in [0, 0.1) is 5.82 Å². The van der Waals surface area contributed by atoms with Crippen LogP contribution < -0.4 is 10.1 Å². The van der Waals surface area contributed by atoms with Gasteiger partial charge >= 0.3 is 0 Å². The Balaban J connectivity index is 1.52. The number of rotatable bonds is 7. The number of aromatic amines is 1. The van der Waals surface area contributed by atoms with Crippen molar-refractivity contribution in [2.24, 2.45) is 0 Å². The van der Waals surface area contributed by atoms with E-state index in [4.69, 9.17) is 4.74 Å². The summed E-state index contributed by atoms with van der Waals surface area (Å²) in [5.41, 5.74) is 4.12. The monoisotopic (exact) mass is 403 g/mol. The normalized spacial score (nSPS) is 10.9. The largest absolute Gasteiger partial charge is 0.495 e. The van der Waals surface area contributed by atoms with Crippen molar-refractivity contribution in [1.29, 1.82) is 0 Å². The van der Waals surface area contributed by atoms with E-state index in [1.165, 1.54) is 12.1 Å². The molecular formula is C24H22FN3O2. The number of nitrogens with zero attached hydrogens (tertiary/aromatic N) is 1. The van der Waals surface area contributed by atoms with Crippen molar-refractivity contribution in [1.82, 2.24) is 9.97 Å². The Morgan fingerprint density at radius 3 is 2.77 bits per heavy atom. The topological polar surface area (TPSA) is 67.0 Å². The molecule has 0 aliphatic rings. The first kappa shape index (κ1) is 19.6. The number of ether oxygens (including phenoxy) is 1. The van der Waals surface area contributed by atoms with E-state index in [-0.39, 0.29) is 11.7 Å². The maximum Gasteiger partial charge on any atom is 0.224 e. The minimum Gasteiger partial charge on any atom is -0.495 e. The molecule has 0 radical (unpaired) electrons. The highest BCUT2D eigenvalue weighted by Crippen LogP contribution is 2.31. The molecule has 30 heavy (non-hydrogen) atoms. The number of pyridine rings is 1. The summed E-state index contributed by atoms with van der Waals surface area (Å²) in [6.07, 6.45) is 3.30. The molecule has 1 amide bonds. The number of aryl methyl sites for hydroxylation is 1. The van der Waals surface area contributed by atoms with Gasteiger partial charge in [-0.2, -0.15) is 0 Å². The number of benzene rings is 2. The van der Waals surface area contributed by atoms with Crippen LogP contribution in [0.4, 0.5) is 10.1 Å². The van der Waals surface area contributed by atoms with Crippen LogP contribution in [-0.2, 0) is 11.2 Å². The minimum atomic E-state index is -0.288. The smallest absolute Gasteiger partial charge is 0.224 e. The van der Waals surface area contributed by atoms with Gasteiger partial charge in [0.1, 0.15) is 11.6 Å². The molecule has 6 heteroatoms. The number of aromatic nitrogens is 2. The number of carbonyl (C=O) groups is 1. The molecule has 2 N–H and O–H groups in total. The van der Waals surface area contributed by atoms with E-state index in [9.17, 15) is 9.18 Å². The number of halogens is 1. The molecule has 4 aromatic rings. The van der Waals surface area contributed by atoms with Gasteiger partial charge in [0.05, 0.1) is 24.2 Å². The zero-order chi connectivity index (χ0) is 20.9. The Kier molecular flexibility index (Phi) is 5.75. The highest BCUT2D eigenvalue weighted by molar-refractivity contribution is 5.93. The number of methoxy groups -OCH3 is 1. The number of anilines is 1. The van der Waals surface area contributed by atoms with Crippen molar-refractivity contribution >= 4 is 22.5 Å². The lowest BCUT2D eigenvalue weighted by Gasteiger charge is -2.10. The molecule has 152 valence electrons. The van der Waals surface area contributed by atoms with Gasteiger partial charge in [0.2, 0.25) is 5.91 Å². The molecule has 2 heterocycles. The molecule has 4 rings (SSSR count). The van der Waals surface area contributed by atoms with Gasteiger partial charge in [0, 0.05) is 23.5 Å². The van der Waals surface area contributed by atoms with Crippen LogP contribution >= 0.6 is 0 Å². The van der Waals surface area contributed by atoms with Crippen LogP contribution in [0.5, 0.6) is 5.75 Å². The van der Waals surface area contributed by atoms with E-state index in [0.29, 0.717) is 30.7 Å². The number of carbonyl (C=O) groups excluding carboxylic acids is 1. The molecule has 0 spiro atoms. The fourth-order valence-electron chi connectivity index (χ4n) is 3.60. The van der Waals surface area contributed by atoms with Crippen molar-refractivity contribution < 1.29 is 13.9 Å². The lowest BCUT2D eigenvalue weighted by Crippen LogP contribution is -2.12. The summed E-state index contributed by atoms with van der Waals surface area (Å²) >= 11 is 0. The van der Waals surface area contributed by atoms with Crippen molar-refractivity contribution in [3.8, 4) is 17.1 Å². The van der Waals surface area contributed by atoms with Crippen LogP contribution in [0.1, 0.15) is 18.4 Å². The maximum atomic E-state index is 13.9. The third-order valence-electron chi connectivity index (χ3n) is 5.00. The summed E-state index contributed by atoms with van der Waals surface area (Å²) in [5, 5.41) is 3.71. The Labute approximate surface area is 173 Å². The van der Waals surface area contributed by atoms with Crippen molar-refractivity contribution in [2.75, 3.05) is 12.4 Å². The first-order valence-electron chi connectivity index (χ1n) is 9.80. The van der Waals surface area contributed by atoms with Gasteiger partial charge in [-0.05, 0) is 60.9 Å². The third-order valence-corrected chi connectivity index (χ3v) is 5.00. The summed E-state index contributed by atoms with van der Waals surface area (Å²) in [6.45, 7) is 0. The van der Waals surface area contributed by atoms with Crippen molar-refractivity contribution in [3.63, 3.8) is 0 Å². The highest BCUT2D eigenvalue weighted by atomic mass is 19.1. The summed E-state index contributed by atoms with van der Waals surface area (Å²) in [6, 6.07) is 17.7. The zero-order valence-electron chi connectivity index (χ0n) is 16.6. The number of nitrogens with one attached hydrogen (secondary N) is 2. The number of hydrogen-bond acceptors (Lipinski definition) is 3. The molecule has 0 saturated heterocycles. The molecular weight excluding hydrogens is 381 g/mol. The molecule has 0 fully saturated rings.